The molecule has 0 amide bonds. The largest absolute Gasteiger partial charge is 0.356 e. The van der Waals surface area contributed by atoms with Crippen LogP contribution in [0.15, 0.2) is 58.4 Å². The zero-order valence-corrected chi connectivity index (χ0v) is 15.8. The van der Waals surface area contributed by atoms with E-state index >= 15 is 0 Å². The number of hydrogen-bond donors (Lipinski definition) is 2. The molecule has 0 radical (unpaired) electrons. The molecule has 140 valence electrons. The molecule has 2 aromatic carbocycles. The van der Waals surface area contributed by atoms with Crippen molar-refractivity contribution in [3.05, 3.63) is 64.7 Å². The second kappa shape index (κ2) is 8.98. The second-order valence-electron chi connectivity index (χ2n) is 6.42. The minimum absolute atomic E-state index is 0.364. The average Bonchev–Trinajstić information content (AvgIpc) is 2.67. The van der Waals surface area contributed by atoms with Gasteiger partial charge >= 0.3 is 5.69 Å². The first-order valence-electron chi connectivity index (χ1n) is 9.33. The van der Waals surface area contributed by atoms with E-state index in [9.17, 15) is 4.79 Å². The van der Waals surface area contributed by atoms with Crippen LogP contribution in [0, 0.1) is 0 Å². The average molecular weight is 363 g/mol. The number of hydrogen-bond acceptors (Lipinski definition) is 5. The Morgan fingerprint density at radius 2 is 1.81 bits per heavy atom. The fraction of sp³-hybridized carbons (Fsp3) is 0.286. The zero-order valence-electron chi connectivity index (χ0n) is 15.8. The maximum absolute atomic E-state index is 11.9. The van der Waals surface area contributed by atoms with Gasteiger partial charge in [-0.1, -0.05) is 44.2 Å². The van der Waals surface area contributed by atoms with Gasteiger partial charge in [0.05, 0.1) is 17.6 Å². The first-order chi connectivity index (χ1) is 13.2. The maximum Gasteiger partial charge on any atom is 0.347 e. The van der Waals surface area contributed by atoms with Crippen molar-refractivity contribution in [2.24, 2.45) is 5.10 Å². The molecule has 6 nitrogen and oxygen atoms in total. The van der Waals surface area contributed by atoms with Gasteiger partial charge in [-0.2, -0.15) is 10.1 Å². The van der Waals surface area contributed by atoms with Gasteiger partial charge in [0.25, 0.3) is 0 Å². The summed E-state index contributed by atoms with van der Waals surface area (Å²) in [7, 11) is 0. The van der Waals surface area contributed by atoms with E-state index < -0.39 is 0 Å². The fourth-order valence-corrected chi connectivity index (χ4v) is 3.01. The number of fused-ring (bicyclic) bond motifs is 1. The molecule has 0 aliphatic carbocycles. The van der Waals surface area contributed by atoms with Crippen molar-refractivity contribution in [3.63, 3.8) is 0 Å². The van der Waals surface area contributed by atoms with Gasteiger partial charge in [0.1, 0.15) is 5.82 Å². The zero-order chi connectivity index (χ0) is 19.1. The Kier molecular flexibility index (Phi) is 6.20. The van der Waals surface area contributed by atoms with Gasteiger partial charge in [0.15, 0.2) is 0 Å². The van der Waals surface area contributed by atoms with Crippen LogP contribution in [0.4, 0.5) is 11.5 Å². The van der Waals surface area contributed by atoms with E-state index in [1.54, 1.807) is 6.21 Å². The smallest absolute Gasteiger partial charge is 0.347 e. The summed E-state index contributed by atoms with van der Waals surface area (Å²) in [6, 6.07) is 16.1. The summed E-state index contributed by atoms with van der Waals surface area (Å²) in [6.45, 7) is 5.98. The van der Waals surface area contributed by atoms with Crippen molar-refractivity contribution in [1.82, 2.24) is 9.97 Å². The number of anilines is 2. The summed E-state index contributed by atoms with van der Waals surface area (Å²) < 4.78 is 0. The van der Waals surface area contributed by atoms with Crippen LogP contribution in [0.25, 0.3) is 10.8 Å². The highest BCUT2D eigenvalue weighted by Gasteiger charge is 2.08. The van der Waals surface area contributed by atoms with Gasteiger partial charge in [-0.25, -0.2) is 4.79 Å². The molecule has 0 unspecified atom stereocenters. The van der Waals surface area contributed by atoms with Gasteiger partial charge in [-0.3, -0.25) is 5.43 Å². The molecular weight excluding hydrogens is 338 g/mol. The highest BCUT2D eigenvalue weighted by molar-refractivity contribution is 5.86. The molecule has 0 aliphatic rings. The number of aromatic amines is 1. The van der Waals surface area contributed by atoms with Gasteiger partial charge in [0, 0.05) is 19.2 Å². The lowest BCUT2D eigenvalue weighted by Gasteiger charge is -2.22. The van der Waals surface area contributed by atoms with E-state index in [1.807, 2.05) is 36.4 Å². The van der Waals surface area contributed by atoms with Crippen LogP contribution in [-0.4, -0.2) is 29.3 Å². The molecule has 0 atom stereocenters. The molecular formula is C21H25N5O. The summed E-state index contributed by atoms with van der Waals surface area (Å²) in [6.07, 6.45) is 3.61. The highest BCUT2D eigenvalue weighted by Crippen LogP contribution is 2.18. The first kappa shape index (κ1) is 18.6. The second-order valence-corrected chi connectivity index (χ2v) is 6.42. The Balaban J connectivity index is 1.76. The third-order valence-corrected chi connectivity index (χ3v) is 4.21. The van der Waals surface area contributed by atoms with Crippen LogP contribution in [0.3, 0.4) is 0 Å². The van der Waals surface area contributed by atoms with E-state index in [-0.39, 0.29) is 5.69 Å². The summed E-state index contributed by atoms with van der Waals surface area (Å²) in [5.41, 5.74) is 4.16. The van der Waals surface area contributed by atoms with E-state index in [1.165, 1.54) is 5.39 Å². The quantitative estimate of drug-likeness (QED) is 0.469. The summed E-state index contributed by atoms with van der Waals surface area (Å²) in [4.78, 5) is 20.9. The summed E-state index contributed by atoms with van der Waals surface area (Å²) in [5.74, 6) is 0.689. The number of benzene rings is 2. The lowest BCUT2D eigenvalue weighted by atomic mass is 10.1. The molecule has 1 aromatic heterocycles. The Morgan fingerprint density at radius 3 is 2.56 bits per heavy atom. The fourth-order valence-electron chi connectivity index (χ4n) is 3.01. The van der Waals surface area contributed by atoms with Gasteiger partial charge in [-0.05, 0) is 35.7 Å². The predicted octanol–water partition coefficient (Wildman–Crippen LogP) is 4.00. The first-order valence-corrected chi connectivity index (χ1v) is 9.33. The van der Waals surface area contributed by atoms with Crippen molar-refractivity contribution in [1.29, 1.82) is 0 Å². The summed E-state index contributed by atoms with van der Waals surface area (Å²) >= 11 is 0. The Labute approximate surface area is 159 Å². The molecule has 0 aliphatic heterocycles. The monoisotopic (exact) mass is 363 g/mol. The normalized spacial score (nSPS) is 11.2. The maximum atomic E-state index is 11.9. The van der Waals surface area contributed by atoms with Crippen LogP contribution in [0.1, 0.15) is 32.4 Å². The molecule has 0 spiro atoms. The Hall–Kier alpha value is -3.15. The van der Waals surface area contributed by atoms with Gasteiger partial charge in [-0.15, -0.1) is 0 Å². The van der Waals surface area contributed by atoms with Crippen molar-refractivity contribution in [3.8, 4) is 0 Å². The predicted molar refractivity (Wildman–Crippen MR) is 113 cm³/mol. The van der Waals surface area contributed by atoms with Crippen molar-refractivity contribution < 1.29 is 0 Å². The molecule has 0 saturated heterocycles. The minimum Gasteiger partial charge on any atom is -0.356 e. The van der Waals surface area contributed by atoms with Crippen LogP contribution in [0.2, 0.25) is 0 Å². The molecule has 1 heterocycles. The molecule has 6 heteroatoms. The Morgan fingerprint density at radius 1 is 1.07 bits per heavy atom. The van der Waals surface area contributed by atoms with Crippen LogP contribution < -0.4 is 16.0 Å². The third-order valence-electron chi connectivity index (χ3n) is 4.21. The Bertz CT molecular complexity index is 973. The molecule has 27 heavy (non-hydrogen) atoms. The minimum atomic E-state index is -0.364. The molecule has 2 N–H and O–H groups in total. The van der Waals surface area contributed by atoms with E-state index in [4.69, 9.17) is 0 Å². The number of aromatic nitrogens is 2. The standard InChI is InChI=1S/C21H25N5O/c1-3-11-26(12-4-2)20-14-19(23-21(27)24-20)15-22-25-18-10-9-16-7-5-6-8-17(16)13-18/h5-10,13-15,25H,3-4,11-12H2,1-2H3,(H,23,24,27)/b22-15+. The third kappa shape index (κ3) is 4.94. The molecule has 3 rings (SSSR count). The van der Waals surface area contributed by atoms with Crippen molar-refractivity contribution in [2.45, 2.75) is 26.7 Å². The lowest BCUT2D eigenvalue weighted by Crippen LogP contribution is -2.28. The van der Waals surface area contributed by atoms with Crippen molar-refractivity contribution in [2.75, 3.05) is 23.4 Å². The number of rotatable bonds is 8. The van der Waals surface area contributed by atoms with E-state index in [2.05, 4.69) is 51.4 Å². The summed E-state index contributed by atoms with van der Waals surface area (Å²) in [5, 5.41) is 6.59. The topological polar surface area (TPSA) is 73.4 Å². The number of hydrazone groups is 1. The number of nitrogens with one attached hydrogen (secondary N) is 2. The highest BCUT2D eigenvalue weighted by atomic mass is 16.1. The molecule has 3 aromatic rings. The lowest BCUT2D eigenvalue weighted by molar-refractivity contribution is 0.730. The molecule has 0 bridgehead atoms. The van der Waals surface area contributed by atoms with Crippen molar-refractivity contribution >= 4 is 28.5 Å². The molecule has 0 saturated carbocycles. The number of H-pyrrole nitrogens is 1. The molecule has 0 fully saturated rings. The van der Waals surface area contributed by atoms with Crippen LogP contribution in [0.5, 0.6) is 0 Å². The van der Waals surface area contributed by atoms with Gasteiger partial charge in [0.2, 0.25) is 0 Å². The van der Waals surface area contributed by atoms with Crippen LogP contribution in [-0.2, 0) is 0 Å². The SMILES string of the molecule is CCCN(CCC)c1cc(/C=N/Nc2ccc3ccccc3c2)[nH]c(=O)n1. The van der Waals surface area contributed by atoms with Gasteiger partial charge < -0.3 is 9.88 Å². The van der Waals surface area contributed by atoms with E-state index in [0.717, 1.165) is 37.0 Å². The number of nitrogens with zero attached hydrogens (tertiary/aromatic N) is 3. The van der Waals surface area contributed by atoms with E-state index in [0.29, 0.717) is 11.5 Å². The van der Waals surface area contributed by atoms with Crippen LogP contribution >= 0.6 is 0 Å².